The summed E-state index contributed by atoms with van der Waals surface area (Å²) in [6.07, 6.45) is -1.83. The summed E-state index contributed by atoms with van der Waals surface area (Å²) in [5, 5.41) is 0. The Labute approximate surface area is 212 Å². The highest BCUT2D eigenvalue weighted by atomic mass is 19.4. The van der Waals surface area contributed by atoms with Crippen LogP contribution in [0.4, 0.5) is 27.8 Å². The Hall–Kier alpha value is -2.08. The first-order chi connectivity index (χ1) is 17.6. The average molecular weight is 533 g/mol. The lowest BCUT2D eigenvalue weighted by atomic mass is 9.78. The van der Waals surface area contributed by atoms with Crippen LogP contribution in [-0.4, -0.2) is 78.8 Å². The molecule has 1 aliphatic carbocycles. The number of amides is 1. The fourth-order valence-electron chi connectivity index (χ4n) is 7.05. The molecule has 0 N–H and O–H groups in total. The van der Waals surface area contributed by atoms with Gasteiger partial charge in [0.2, 0.25) is 12.3 Å². The number of fused-ring (bicyclic) bond motifs is 2. The highest BCUT2D eigenvalue weighted by molar-refractivity contribution is 5.84. The van der Waals surface area contributed by atoms with Gasteiger partial charge < -0.3 is 19.3 Å². The molecule has 0 aromatic carbocycles. The number of ether oxygens (including phenoxy) is 2. The van der Waals surface area contributed by atoms with Crippen LogP contribution in [0.1, 0.15) is 50.6 Å². The molecule has 7 nitrogen and oxygen atoms in total. The van der Waals surface area contributed by atoms with Crippen molar-refractivity contribution in [2.45, 2.75) is 75.7 Å². The van der Waals surface area contributed by atoms with E-state index >= 15 is 0 Å². The highest BCUT2D eigenvalue weighted by Gasteiger charge is 2.54. The van der Waals surface area contributed by atoms with Crippen molar-refractivity contribution in [3.63, 3.8) is 0 Å². The Morgan fingerprint density at radius 3 is 2.73 bits per heavy atom. The number of likely N-dealkylation sites (tertiary alicyclic amines) is 1. The molecule has 6 atom stereocenters. The number of rotatable bonds is 7. The number of aromatic nitrogens is 2. The maximum Gasteiger partial charge on any atom is 0.434 e. The first kappa shape index (κ1) is 26.5. The summed E-state index contributed by atoms with van der Waals surface area (Å²) in [5.74, 6) is 0.348. The van der Waals surface area contributed by atoms with E-state index < -0.39 is 30.1 Å². The van der Waals surface area contributed by atoms with Crippen molar-refractivity contribution in [3.8, 4) is 0 Å². The van der Waals surface area contributed by atoms with Crippen LogP contribution < -0.4 is 4.90 Å². The second kappa shape index (κ2) is 10.2. The first-order valence-electron chi connectivity index (χ1n) is 13.0. The van der Waals surface area contributed by atoms with Gasteiger partial charge >= 0.3 is 6.18 Å². The SMILES string of the molecule is CO[C@@H]1COCC[C@@H]1C[C@@H]1CC[C@](CC(F)F)(C(=O)N2C[C@H]3C[C@@H]2CN3c2cncc(C(F)(F)F)n2)C1. The van der Waals surface area contributed by atoms with Crippen LogP contribution in [0, 0.1) is 17.3 Å². The Kier molecular flexibility index (Phi) is 7.34. The van der Waals surface area contributed by atoms with Gasteiger partial charge in [0.15, 0.2) is 5.69 Å². The van der Waals surface area contributed by atoms with Gasteiger partial charge in [-0.3, -0.25) is 9.78 Å². The number of halogens is 5. The predicted molar refractivity (Wildman–Crippen MR) is 123 cm³/mol. The largest absolute Gasteiger partial charge is 0.434 e. The molecule has 2 bridgehead atoms. The molecule has 1 aromatic heterocycles. The number of hydrogen-bond donors (Lipinski definition) is 0. The van der Waals surface area contributed by atoms with E-state index in [1.54, 1.807) is 16.9 Å². The third kappa shape index (κ3) is 5.28. The molecule has 3 aliphatic heterocycles. The number of alkyl halides is 5. The van der Waals surface area contributed by atoms with Gasteiger partial charge in [-0.1, -0.05) is 0 Å². The molecule has 1 aromatic rings. The topological polar surface area (TPSA) is 67.8 Å². The van der Waals surface area contributed by atoms with Gasteiger partial charge in [0.05, 0.1) is 42.6 Å². The molecule has 3 saturated heterocycles. The molecule has 4 aliphatic rings. The number of carbonyl (C=O) groups excluding carboxylic acids is 1. The van der Waals surface area contributed by atoms with Gasteiger partial charge in [0.1, 0.15) is 5.82 Å². The lowest BCUT2D eigenvalue weighted by Crippen LogP contribution is -2.53. The summed E-state index contributed by atoms with van der Waals surface area (Å²) in [4.78, 5) is 24.7. The summed E-state index contributed by atoms with van der Waals surface area (Å²) in [5.41, 5.74) is -2.16. The van der Waals surface area contributed by atoms with Crippen molar-refractivity contribution >= 4 is 11.7 Å². The van der Waals surface area contributed by atoms with Crippen LogP contribution in [0.2, 0.25) is 0 Å². The Morgan fingerprint density at radius 2 is 2.05 bits per heavy atom. The maximum absolute atomic E-state index is 13.8. The van der Waals surface area contributed by atoms with E-state index in [0.29, 0.717) is 51.8 Å². The summed E-state index contributed by atoms with van der Waals surface area (Å²) < 4.78 is 77.9. The van der Waals surface area contributed by atoms with Crippen LogP contribution in [0.5, 0.6) is 0 Å². The smallest absolute Gasteiger partial charge is 0.379 e. The van der Waals surface area contributed by atoms with Crippen molar-refractivity contribution in [2.75, 3.05) is 38.3 Å². The quantitative estimate of drug-likeness (QED) is 0.492. The van der Waals surface area contributed by atoms with Crippen LogP contribution in [0.3, 0.4) is 0 Å². The Bertz CT molecular complexity index is 982. The molecule has 4 fully saturated rings. The molecule has 1 amide bonds. The van der Waals surface area contributed by atoms with Crippen molar-refractivity contribution < 1.29 is 36.2 Å². The number of carbonyl (C=O) groups is 1. The molecular weight excluding hydrogens is 499 g/mol. The van der Waals surface area contributed by atoms with Crippen molar-refractivity contribution in [1.29, 1.82) is 0 Å². The second-order valence-corrected chi connectivity index (χ2v) is 11.0. The molecule has 12 heteroatoms. The normalized spacial score (nSPS) is 34.1. The summed E-state index contributed by atoms with van der Waals surface area (Å²) >= 11 is 0. The molecule has 4 heterocycles. The van der Waals surface area contributed by atoms with E-state index in [1.807, 2.05) is 0 Å². The number of nitrogens with zero attached hydrogens (tertiary/aromatic N) is 4. The van der Waals surface area contributed by atoms with Crippen LogP contribution in [0.25, 0.3) is 0 Å². The van der Waals surface area contributed by atoms with Gasteiger partial charge in [-0.15, -0.1) is 0 Å². The third-order valence-electron chi connectivity index (χ3n) is 8.80. The lowest BCUT2D eigenvalue weighted by Gasteiger charge is -2.40. The standard InChI is InChI=1S/C25H33F5N4O3/c1-36-19-14-37-5-3-16(19)6-15-2-4-24(8-15,9-21(26)27)23(35)34-13-17-7-18(34)12-33(17)22-11-31-10-20(32-22)25(28,29)30/h10-11,15-19,21H,2-9,12-14H2,1H3/t15-,16+,17+,18+,19+,24-/m0/s1. The van der Waals surface area contributed by atoms with Gasteiger partial charge in [-0.2, -0.15) is 13.2 Å². The summed E-state index contributed by atoms with van der Waals surface area (Å²) in [6.45, 7) is 1.79. The highest BCUT2D eigenvalue weighted by Crippen LogP contribution is 2.51. The minimum atomic E-state index is -4.60. The molecule has 0 spiro atoms. The summed E-state index contributed by atoms with van der Waals surface area (Å²) in [7, 11) is 1.66. The minimum Gasteiger partial charge on any atom is -0.379 e. The third-order valence-corrected chi connectivity index (χ3v) is 8.80. The van der Waals surface area contributed by atoms with Gasteiger partial charge in [0, 0.05) is 33.2 Å². The molecule has 5 rings (SSSR count). The predicted octanol–water partition coefficient (Wildman–Crippen LogP) is 4.17. The second-order valence-electron chi connectivity index (χ2n) is 11.0. The number of piperazine rings is 1. The molecular formula is C25H33F5N4O3. The molecule has 0 radical (unpaired) electrons. The molecule has 0 unspecified atom stereocenters. The van der Waals surface area contributed by atoms with Crippen LogP contribution >= 0.6 is 0 Å². The molecule has 206 valence electrons. The number of methoxy groups -OCH3 is 1. The van der Waals surface area contributed by atoms with Crippen LogP contribution in [0.15, 0.2) is 12.4 Å². The Balaban J connectivity index is 1.27. The van der Waals surface area contributed by atoms with Gasteiger partial charge in [-0.05, 0) is 50.4 Å². The molecule has 1 saturated carbocycles. The fourth-order valence-corrected chi connectivity index (χ4v) is 7.05. The minimum absolute atomic E-state index is 0.0196. The zero-order valence-electron chi connectivity index (χ0n) is 20.8. The maximum atomic E-state index is 13.8. The monoisotopic (exact) mass is 532 g/mol. The average Bonchev–Trinajstić information content (AvgIpc) is 3.58. The zero-order valence-corrected chi connectivity index (χ0v) is 20.8. The number of hydrogen-bond acceptors (Lipinski definition) is 6. The fraction of sp³-hybridized carbons (Fsp3) is 0.800. The van der Waals surface area contributed by atoms with E-state index in [4.69, 9.17) is 9.47 Å². The number of anilines is 1. The molecule has 37 heavy (non-hydrogen) atoms. The van der Waals surface area contributed by atoms with Gasteiger partial charge in [0.25, 0.3) is 0 Å². The van der Waals surface area contributed by atoms with Crippen molar-refractivity contribution in [2.24, 2.45) is 17.3 Å². The van der Waals surface area contributed by atoms with E-state index in [2.05, 4.69) is 9.97 Å². The van der Waals surface area contributed by atoms with Crippen molar-refractivity contribution in [3.05, 3.63) is 18.1 Å². The first-order valence-corrected chi connectivity index (χ1v) is 13.0. The van der Waals surface area contributed by atoms with Gasteiger partial charge in [-0.25, -0.2) is 13.8 Å². The van der Waals surface area contributed by atoms with Crippen LogP contribution in [-0.2, 0) is 20.4 Å². The van der Waals surface area contributed by atoms with Crippen molar-refractivity contribution in [1.82, 2.24) is 14.9 Å². The van der Waals surface area contributed by atoms with E-state index in [0.717, 1.165) is 19.3 Å². The summed E-state index contributed by atoms with van der Waals surface area (Å²) in [6, 6.07) is -0.451. The Morgan fingerprint density at radius 1 is 1.24 bits per heavy atom. The van der Waals surface area contributed by atoms with E-state index in [9.17, 15) is 26.7 Å². The van der Waals surface area contributed by atoms with E-state index in [1.165, 1.54) is 6.20 Å². The van der Waals surface area contributed by atoms with E-state index in [-0.39, 0.29) is 41.7 Å². The lowest BCUT2D eigenvalue weighted by molar-refractivity contribution is -0.146. The zero-order chi connectivity index (χ0) is 26.4.